The van der Waals surface area contributed by atoms with Crippen LogP contribution >= 0.6 is 0 Å². The summed E-state index contributed by atoms with van der Waals surface area (Å²) in [7, 11) is 1.39. The summed E-state index contributed by atoms with van der Waals surface area (Å²) in [6.07, 6.45) is 2.57. The number of ether oxygens (including phenoxy) is 1. The molecule has 84 valence electrons. The van der Waals surface area contributed by atoms with Gasteiger partial charge in [-0.05, 0) is 13.0 Å². The minimum absolute atomic E-state index is 0.233. The van der Waals surface area contributed by atoms with Crippen LogP contribution in [0.1, 0.15) is 19.1 Å². The molecule has 0 fully saturated rings. The molecule has 1 heterocycles. The van der Waals surface area contributed by atoms with E-state index in [1.807, 2.05) is 4.90 Å². The van der Waals surface area contributed by atoms with Crippen molar-refractivity contribution in [1.82, 2.24) is 10.1 Å². The molecule has 0 saturated heterocycles. The topological polar surface area (TPSA) is 55.6 Å². The van der Waals surface area contributed by atoms with E-state index in [4.69, 9.17) is 4.52 Å². The first kappa shape index (κ1) is 11.7. The van der Waals surface area contributed by atoms with Gasteiger partial charge in [0.25, 0.3) is 0 Å². The van der Waals surface area contributed by atoms with E-state index in [0.29, 0.717) is 6.54 Å². The molecule has 0 aliphatic rings. The van der Waals surface area contributed by atoms with Gasteiger partial charge < -0.3 is 9.26 Å². The van der Waals surface area contributed by atoms with E-state index in [9.17, 15) is 4.79 Å². The van der Waals surface area contributed by atoms with Crippen molar-refractivity contribution in [3.63, 3.8) is 0 Å². The van der Waals surface area contributed by atoms with Crippen molar-refractivity contribution in [3.05, 3.63) is 18.0 Å². The Morgan fingerprint density at radius 3 is 3.00 bits per heavy atom. The molecule has 1 aromatic heterocycles. The first-order chi connectivity index (χ1) is 7.26. The van der Waals surface area contributed by atoms with Gasteiger partial charge in [-0.2, -0.15) is 0 Å². The summed E-state index contributed by atoms with van der Waals surface area (Å²) in [5.74, 6) is 0.523. The summed E-state index contributed by atoms with van der Waals surface area (Å²) < 4.78 is 9.60. The lowest BCUT2D eigenvalue weighted by atomic mass is 10.3. The largest absolute Gasteiger partial charge is 0.468 e. The molecule has 0 bridgehead atoms. The van der Waals surface area contributed by atoms with E-state index in [-0.39, 0.29) is 12.5 Å². The summed E-state index contributed by atoms with van der Waals surface area (Å²) in [5.41, 5.74) is 0. The Morgan fingerprint density at radius 2 is 2.47 bits per heavy atom. The Morgan fingerprint density at radius 1 is 1.67 bits per heavy atom. The van der Waals surface area contributed by atoms with Crippen molar-refractivity contribution in [1.29, 1.82) is 0 Å². The second-order valence-electron chi connectivity index (χ2n) is 3.27. The molecule has 0 aromatic carbocycles. The molecule has 0 saturated carbocycles. The maximum atomic E-state index is 11.1. The molecule has 5 nitrogen and oxygen atoms in total. The van der Waals surface area contributed by atoms with Crippen LogP contribution in [0.2, 0.25) is 0 Å². The van der Waals surface area contributed by atoms with Gasteiger partial charge in [-0.25, -0.2) is 0 Å². The van der Waals surface area contributed by atoms with Gasteiger partial charge in [0, 0.05) is 6.07 Å². The molecule has 0 aliphatic carbocycles. The van der Waals surface area contributed by atoms with E-state index < -0.39 is 0 Å². The highest BCUT2D eigenvalue weighted by molar-refractivity contribution is 5.71. The number of carbonyl (C=O) groups is 1. The molecule has 1 aromatic rings. The van der Waals surface area contributed by atoms with Gasteiger partial charge in [-0.3, -0.25) is 9.69 Å². The summed E-state index contributed by atoms with van der Waals surface area (Å²) >= 11 is 0. The zero-order valence-electron chi connectivity index (χ0n) is 9.10. The monoisotopic (exact) mass is 212 g/mol. The molecule has 0 radical (unpaired) electrons. The smallest absolute Gasteiger partial charge is 0.319 e. The quantitative estimate of drug-likeness (QED) is 0.660. The van der Waals surface area contributed by atoms with Crippen LogP contribution in [0.3, 0.4) is 0 Å². The van der Waals surface area contributed by atoms with Gasteiger partial charge in [-0.15, -0.1) is 0 Å². The lowest BCUT2D eigenvalue weighted by Crippen LogP contribution is -2.30. The first-order valence-electron chi connectivity index (χ1n) is 4.95. The number of hydrogen-bond acceptors (Lipinski definition) is 5. The third-order valence-corrected chi connectivity index (χ3v) is 1.99. The van der Waals surface area contributed by atoms with Gasteiger partial charge >= 0.3 is 5.97 Å². The maximum Gasteiger partial charge on any atom is 0.319 e. The predicted molar refractivity (Wildman–Crippen MR) is 54.1 cm³/mol. The van der Waals surface area contributed by atoms with E-state index in [0.717, 1.165) is 18.7 Å². The van der Waals surface area contributed by atoms with Crippen LogP contribution in [-0.2, 0) is 16.1 Å². The third kappa shape index (κ3) is 4.12. The fourth-order valence-corrected chi connectivity index (χ4v) is 1.32. The maximum absolute atomic E-state index is 11.1. The Hall–Kier alpha value is -1.36. The molecular formula is C10H16N2O3. The lowest BCUT2D eigenvalue weighted by Gasteiger charge is -2.18. The number of aromatic nitrogens is 1. The van der Waals surface area contributed by atoms with E-state index in [2.05, 4.69) is 16.8 Å². The number of methoxy groups -OCH3 is 1. The summed E-state index contributed by atoms with van der Waals surface area (Å²) in [5, 5.41) is 3.62. The second kappa shape index (κ2) is 6.19. The molecule has 5 heteroatoms. The number of rotatable bonds is 6. The van der Waals surface area contributed by atoms with Crippen molar-refractivity contribution < 1.29 is 14.1 Å². The number of hydrogen-bond donors (Lipinski definition) is 0. The molecule has 1 rings (SSSR count). The average Bonchev–Trinajstić information content (AvgIpc) is 2.70. The standard InChI is InChI=1S/C10H16N2O3/c1-3-6-12(8-10(13)14-2)7-9-4-5-11-15-9/h4-5H,3,6-8H2,1-2H3. The van der Waals surface area contributed by atoms with Crippen molar-refractivity contribution in [3.8, 4) is 0 Å². The van der Waals surface area contributed by atoms with Crippen LogP contribution in [0.25, 0.3) is 0 Å². The molecule has 0 spiro atoms. The van der Waals surface area contributed by atoms with Crippen molar-refractivity contribution in [2.24, 2.45) is 0 Å². The molecule has 15 heavy (non-hydrogen) atoms. The fourth-order valence-electron chi connectivity index (χ4n) is 1.32. The highest BCUT2D eigenvalue weighted by atomic mass is 16.5. The van der Waals surface area contributed by atoms with E-state index in [1.165, 1.54) is 7.11 Å². The van der Waals surface area contributed by atoms with Gasteiger partial charge in [-0.1, -0.05) is 12.1 Å². The molecule has 0 amide bonds. The highest BCUT2D eigenvalue weighted by Gasteiger charge is 2.12. The Kier molecular flexibility index (Phi) is 4.83. The number of nitrogens with zero attached hydrogens (tertiary/aromatic N) is 2. The SMILES string of the molecule is CCCN(CC(=O)OC)Cc1ccno1. The van der Waals surface area contributed by atoms with E-state index >= 15 is 0 Å². The predicted octanol–water partition coefficient (Wildman–Crippen LogP) is 1.06. The Bertz CT molecular complexity index is 285. The third-order valence-electron chi connectivity index (χ3n) is 1.99. The van der Waals surface area contributed by atoms with Gasteiger partial charge in [0.1, 0.15) is 0 Å². The Balaban J connectivity index is 2.46. The van der Waals surface area contributed by atoms with Gasteiger partial charge in [0.15, 0.2) is 5.76 Å². The number of esters is 1. The van der Waals surface area contributed by atoms with Gasteiger partial charge in [0.2, 0.25) is 0 Å². The van der Waals surface area contributed by atoms with Gasteiger partial charge in [0.05, 0.1) is 26.4 Å². The highest BCUT2D eigenvalue weighted by Crippen LogP contribution is 2.04. The van der Waals surface area contributed by atoms with Crippen LogP contribution in [0, 0.1) is 0 Å². The first-order valence-corrected chi connectivity index (χ1v) is 4.95. The minimum Gasteiger partial charge on any atom is -0.468 e. The van der Waals surface area contributed by atoms with Crippen LogP contribution in [-0.4, -0.2) is 36.2 Å². The van der Waals surface area contributed by atoms with Crippen LogP contribution < -0.4 is 0 Å². The zero-order valence-corrected chi connectivity index (χ0v) is 9.10. The summed E-state index contributed by atoms with van der Waals surface area (Å²) in [6.45, 7) is 3.76. The van der Waals surface area contributed by atoms with E-state index in [1.54, 1.807) is 12.3 Å². The zero-order chi connectivity index (χ0) is 11.1. The number of carbonyl (C=O) groups excluding carboxylic acids is 1. The molecule has 0 aliphatic heterocycles. The van der Waals surface area contributed by atoms with Crippen molar-refractivity contribution in [2.45, 2.75) is 19.9 Å². The van der Waals surface area contributed by atoms with Crippen LogP contribution in [0.4, 0.5) is 0 Å². The molecule has 0 unspecified atom stereocenters. The fraction of sp³-hybridized carbons (Fsp3) is 0.600. The minimum atomic E-state index is -0.233. The molecular weight excluding hydrogens is 196 g/mol. The summed E-state index contributed by atoms with van der Waals surface area (Å²) in [6, 6.07) is 1.79. The second-order valence-corrected chi connectivity index (χ2v) is 3.27. The lowest BCUT2D eigenvalue weighted by molar-refractivity contribution is -0.142. The molecule has 0 N–H and O–H groups in total. The van der Waals surface area contributed by atoms with Crippen LogP contribution in [0.5, 0.6) is 0 Å². The van der Waals surface area contributed by atoms with Crippen LogP contribution in [0.15, 0.2) is 16.8 Å². The van der Waals surface area contributed by atoms with Crippen molar-refractivity contribution >= 4 is 5.97 Å². The molecule has 0 atom stereocenters. The normalized spacial score (nSPS) is 10.6. The Labute approximate surface area is 89.0 Å². The summed E-state index contributed by atoms with van der Waals surface area (Å²) in [4.78, 5) is 13.1. The van der Waals surface area contributed by atoms with Crippen molar-refractivity contribution in [2.75, 3.05) is 20.2 Å². The average molecular weight is 212 g/mol.